The molecule has 4 nitrogen and oxygen atoms in total. The molecule has 0 saturated carbocycles. The topological polar surface area (TPSA) is 55.8 Å². The first-order valence-corrected chi connectivity index (χ1v) is 21.4. The number of hydrogen-bond donors (Lipinski definition) is 1. The highest BCUT2D eigenvalue weighted by molar-refractivity contribution is 5.87. The summed E-state index contributed by atoms with van der Waals surface area (Å²) < 4.78 is 10.4. The Bertz CT molecular complexity index is 879. The quantitative estimate of drug-likeness (QED) is 0.0430. The van der Waals surface area contributed by atoms with E-state index in [4.69, 9.17) is 9.47 Å². The molecule has 1 aromatic rings. The van der Waals surface area contributed by atoms with Gasteiger partial charge in [0.25, 0.3) is 0 Å². The lowest BCUT2D eigenvalue weighted by atomic mass is 10.0. The largest absolute Gasteiger partial charge is 0.504 e. The zero-order chi connectivity index (χ0) is 35.3. The van der Waals surface area contributed by atoms with Crippen molar-refractivity contribution < 1.29 is 19.4 Å². The number of unbranched alkanes of at least 4 members (excludes halogenated alkanes) is 32. The van der Waals surface area contributed by atoms with E-state index in [0.717, 1.165) is 18.4 Å². The van der Waals surface area contributed by atoms with Crippen LogP contribution in [0.25, 0.3) is 6.08 Å². The zero-order valence-corrected chi connectivity index (χ0v) is 32.6. The number of phenols is 1. The van der Waals surface area contributed by atoms with Crippen LogP contribution in [0.5, 0.6) is 11.5 Å². The van der Waals surface area contributed by atoms with E-state index in [9.17, 15) is 9.90 Å². The van der Waals surface area contributed by atoms with Crippen molar-refractivity contribution in [1.82, 2.24) is 0 Å². The van der Waals surface area contributed by atoms with Gasteiger partial charge in [-0.3, -0.25) is 0 Å². The van der Waals surface area contributed by atoms with Gasteiger partial charge in [0.05, 0.1) is 13.7 Å². The first kappa shape index (κ1) is 45.1. The van der Waals surface area contributed by atoms with Crippen molar-refractivity contribution in [3.63, 3.8) is 0 Å². The van der Waals surface area contributed by atoms with Crippen LogP contribution in [0.1, 0.15) is 224 Å². The first-order valence-electron chi connectivity index (χ1n) is 21.4. The molecule has 0 heterocycles. The van der Waals surface area contributed by atoms with Crippen molar-refractivity contribution in [3.8, 4) is 11.5 Å². The molecule has 0 amide bonds. The minimum Gasteiger partial charge on any atom is -0.504 e. The number of ether oxygens (including phenoxy) is 2. The van der Waals surface area contributed by atoms with E-state index in [1.807, 2.05) is 0 Å². The Labute approximate surface area is 304 Å². The summed E-state index contributed by atoms with van der Waals surface area (Å²) >= 11 is 0. The number of rotatable bonds is 37. The molecule has 284 valence electrons. The van der Waals surface area contributed by atoms with Crippen LogP contribution in [0.2, 0.25) is 0 Å². The van der Waals surface area contributed by atoms with Gasteiger partial charge in [-0.05, 0) is 30.2 Å². The molecule has 0 aromatic heterocycles. The van der Waals surface area contributed by atoms with Gasteiger partial charge in [-0.2, -0.15) is 0 Å². The van der Waals surface area contributed by atoms with Crippen LogP contribution in [-0.2, 0) is 9.53 Å². The molecule has 0 fully saturated rings. The summed E-state index contributed by atoms with van der Waals surface area (Å²) in [6, 6.07) is 4.96. The molecule has 0 atom stereocenters. The number of benzene rings is 1. The fraction of sp³-hybridized carbons (Fsp3) is 0.800. The summed E-state index contributed by atoms with van der Waals surface area (Å²) in [5, 5.41) is 9.65. The average molecular weight is 685 g/mol. The lowest BCUT2D eigenvalue weighted by Gasteiger charge is -2.05. The second kappa shape index (κ2) is 35.8. The minimum absolute atomic E-state index is 0.0823. The summed E-state index contributed by atoms with van der Waals surface area (Å²) in [5.41, 5.74) is 0.780. The number of phenolic OH excluding ortho intramolecular Hbond substituents is 1. The molecule has 0 bridgehead atoms. The van der Waals surface area contributed by atoms with Gasteiger partial charge >= 0.3 is 5.97 Å². The molecule has 1 rings (SSSR count). The molecular weight excluding hydrogens is 604 g/mol. The van der Waals surface area contributed by atoms with Crippen molar-refractivity contribution in [2.24, 2.45) is 0 Å². The van der Waals surface area contributed by atoms with Gasteiger partial charge in [-0.1, -0.05) is 218 Å². The third-order valence-corrected chi connectivity index (χ3v) is 10.1. The molecule has 0 aliphatic carbocycles. The fourth-order valence-corrected chi connectivity index (χ4v) is 6.84. The minimum atomic E-state index is -0.331. The molecule has 4 heteroatoms. The number of carbonyl (C=O) groups is 1. The summed E-state index contributed by atoms with van der Waals surface area (Å²) in [5.74, 6) is 0.138. The molecule has 0 unspecified atom stereocenters. The van der Waals surface area contributed by atoms with Crippen LogP contribution >= 0.6 is 0 Å². The molecular formula is C45H80O4. The summed E-state index contributed by atoms with van der Waals surface area (Å²) in [7, 11) is 1.50. The van der Waals surface area contributed by atoms with Crippen molar-refractivity contribution in [3.05, 3.63) is 29.8 Å². The third kappa shape index (κ3) is 30.6. The van der Waals surface area contributed by atoms with Crippen molar-refractivity contribution >= 4 is 12.0 Å². The van der Waals surface area contributed by atoms with E-state index in [-0.39, 0.29) is 11.7 Å². The van der Waals surface area contributed by atoms with E-state index >= 15 is 0 Å². The van der Waals surface area contributed by atoms with Crippen LogP contribution in [0.15, 0.2) is 24.3 Å². The second-order valence-electron chi connectivity index (χ2n) is 14.7. The molecule has 0 aliphatic rings. The SMILES string of the molecule is CCCCCCCCCCCCCCCCCCCCCCCCCCCCCCCCCCCOC(=O)C=Cc1ccc(O)c(OC)c1. The highest BCUT2D eigenvalue weighted by atomic mass is 16.5. The predicted molar refractivity (Wildman–Crippen MR) is 213 cm³/mol. The molecule has 1 aromatic carbocycles. The van der Waals surface area contributed by atoms with Gasteiger partial charge in [0.2, 0.25) is 0 Å². The van der Waals surface area contributed by atoms with E-state index in [1.54, 1.807) is 24.3 Å². The average Bonchev–Trinajstić information content (AvgIpc) is 3.11. The molecule has 0 aliphatic heterocycles. The van der Waals surface area contributed by atoms with Gasteiger partial charge < -0.3 is 14.6 Å². The van der Waals surface area contributed by atoms with E-state index in [1.165, 1.54) is 212 Å². The Morgan fingerprint density at radius 2 is 0.857 bits per heavy atom. The van der Waals surface area contributed by atoms with Gasteiger partial charge in [-0.25, -0.2) is 4.79 Å². The predicted octanol–water partition coefficient (Wildman–Crippen LogP) is 14.9. The third-order valence-electron chi connectivity index (χ3n) is 10.1. The van der Waals surface area contributed by atoms with Gasteiger partial charge in [-0.15, -0.1) is 0 Å². The summed E-state index contributed by atoms with van der Waals surface area (Å²) in [4.78, 5) is 11.9. The number of aromatic hydroxyl groups is 1. The Kier molecular flexibility index (Phi) is 33.0. The summed E-state index contributed by atoms with van der Waals surface area (Å²) in [6.07, 6.45) is 49.5. The van der Waals surface area contributed by atoms with Crippen LogP contribution in [0, 0.1) is 0 Å². The number of methoxy groups -OCH3 is 1. The number of esters is 1. The van der Waals surface area contributed by atoms with Crippen molar-refractivity contribution in [2.75, 3.05) is 13.7 Å². The maximum absolute atomic E-state index is 11.9. The maximum atomic E-state index is 11.9. The molecule has 0 radical (unpaired) electrons. The fourth-order valence-electron chi connectivity index (χ4n) is 6.84. The zero-order valence-electron chi connectivity index (χ0n) is 32.6. The van der Waals surface area contributed by atoms with Crippen LogP contribution in [-0.4, -0.2) is 24.8 Å². The first-order chi connectivity index (χ1) is 24.2. The maximum Gasteiger partial charge on any atom is 0.330 e. The lowest BCUT2D eigenvalue weighted by Crippen LogP contribution is -2.02. The normalized spacial score (nSPS) is 11.5. The van der Waals surface area contributed by atoms with Crippen LogP contribution in [0.3, 0.4) is 0 Å². The standard InChI is InChI=1S/C45H80O4/c1-3-4-5-6-7-8-9-10-11-12-13-14-15-16-17-18-19-20-21-22-23-24-25-26-27-28-29-30-31-32-33-34-35-40-49-45(47)39-37-42-36-38-43(46)44(41-42)48-2/h36-39,41,46H,3-35,40H2,1-2H3. The van der Waals surface area contributed by atoms with Crippen LogP contribution < -0.4 is 4.74 Å². The van der Waals surface area contributed by atoms with E-state index in [0.29, 0.717) is 12.4 Å². The smallest absolute Gasteiger partial charge is 0.330 e. The molecule has 0 spiro atoms. The monoisotopic (exact) mass is 685 g/mol. The Morgan fingerprint density at radius 3 is 1.18 bits per heavy atom. The van der Waals surface area contributed by atoms with Gasteiger partial charge in [0.15, 0.2) is 11.5 Å². The van der Waals surface area contributed by atoms with E-state index < -0.39 is 0 Å². The van der Waals surface area contributed by atoms with E-state index in [2.05, 4.69) is 6.92 Å². The van der Waals surface area contributed by atoms with Crippen molar-refractivity contribution in [2.45, 2.75) is 219 Å². The Balaban J connectivity index is 1.70. The molecule has 0 saturated heterocycles. The Morgan fingerprint density at radius 1 is 0.531 bits per heavy atom. The van der Waals surface area contributed by atoms with Crippen molar-refractivity contribution in [1.29, 1.82) is 0 Å². The second-order valence-corrected chi connectivity index (χ2v) is 14.7. The number of carbonyl (C=O) groups excluding carboxylic acids is 1. The highest BCUT2D eigenvalue weighted by Crippen LogP contribution is 2.26. The van der Waals surface area contributed by atoms with Gasteiger partial charge in [0, 0.05) is 6.08 Å². The number of hydrogen-bond acceptors (Lipinski definition) is 4. The Hall–Kier alpha value is -1.97. The highest BCUT2D eigenvalue weighted by Gasteiger charge is 2.03. The lowest BCUT2D eigenvalue weighted by molar-refractivity contribution is -0.137. The van der Waals surface area contributed by atoms with Crippen LogP contribution in [0.4, 0.5) is 0 Å². The molecule has 1 N–H and O–H groups in total. The van der Waals surface area contributed by atoms with Gasteiger partial charge in [0.1, 0.15) is 0 Å². The summed E-state index contributed by atoms with van der Waals surface area (Å²) in [6.45, 7) is 2.78. The molecule has 49 heavy (non-hydrogen) atoms.